The van der Waals surface area contributed by atoms with Crippen LogP contribution in [0.3, 0.4) is 0 Å². The molecule has 4 aromatic rings. The number of fused-ring (bicyclic) bond motifs is 1. The molecule has 0 aliphatic rings. The lowest BCUT2D eigenvalue weighted by Gasteiger charge is -2.10. The van der Waals surface area contributed by atoms with Gasteiger partial charge in [0.2, 0.25) is 5.95 Å². The fourth-order valence-corrected chi connectivity index (χ4v) is 3.34. The molecule has 12 heteroatoms. The zero-order chi connectivity index (χ0) is 23.0. The fourth-order valence-electron chi connectivity index (χ4n) is 3.13. The number of hydrogen-bond acceptors (Lipinski definition) is 5. The first-order chi connectivity index (χ1) is 15.1. The first-order valence-corrected chi connectivity index (χ1v) is 9.75. The number of rotatable bonds is 5. The highest BCUT2D eigenvalue weighted by Crippen LogP contribution is 2.30. The number of aryl methyl sites for hydroxylation is 2. The third-order valence-electron chi connectivity index (χ3n) is 4.72. The molecule has 0 saturated heterocycles. The van der Waals surface area contributed by atoms with Crippen molar-refractivity contribution in [2.75, 3.05) is 11.9 Å². The summed E-state index contributed by atoms with van der Waals surface area (Å²) in [5.41, 5.74) is 2.67. The van der Waals surface area contributed by atoms with Gasteiger partial charge in [0.05, 0.1) is 22.4 Å². The molecule has 4 rings (SSSR count). The van der Waals surface area contributed by atoms with Crippen LogP contribution in [0.2, 0.25) is 5.02 Å². The van der Waals surface area contributed by atoms with Crippen LogP contribution in [0.15, 0.2) is 36.5 Å². The van der Waals surface area contributed by atoms with Crippen molar-refractivity contribution >= 4 is 40.0 Å². The molecule has 0 radical (unpaired) electrons. The molecule has 1 amide bonds. The second-order valence-corrected chi connectivity index (χ2v) is 7.53. The van der Waals surface area contributed by atoms with Crippen LogP contribution in [0.5, 0.6) is 0 Å². The van der Waals surface area contributed by atoms with Crippen molar-refractivity contribution in [1.29, 1.82) is 0 Å². The number of alkyl halides is 3. The standard InChI is InChI=1S/C20H17ClF3N7O/c1-10-5-11(3-4-13(10)18(32)25-9-20(22,23)24)17-28-19(31(2)30-17)27-16-6-12-8-26-29-15(12)7-14(16)21/h3-8H,9H2,1-2H3,(H,25,32)(H,26,29)(H,27,28,30). The average Bonchev–Trinajstić information content (AvgIpc) is 3.32. The molecule has 0 fully saturated rings. The molecule has 0 spiro atoms. The van der Waals surface area contributed by atoms with Crippen LogP contribution >= 0.6 is 11.6 Å². The van der Waals surface area contributed by atoms with E-state index in [4.69, 9.17) is 11.6 Å². The number of halogens is 4. The van der Waals surface area contributed by atoms with E-state index in [-0.39, 0.29) is 5.56 Å². The van der Waals surface area contributed by atoms with Gasteiger partial charge in [0, 0.05) is 23.6 Å². The van der Waals surface area contributed by atoms with Crippen molar-refractivity contribution in [2.45, 2.75) is 13.1 Å². The lowest BCUT2D eigenvalue weighted by Crippen LogP contribution is -2.34. The number of carbonyl (C=O) groups is 1. The summed E-state index contributed by atoms with van der Waals surface area (Å²) in [6, 6.07) is 8.25. The highest BCUT2D eigenvalue weighted by Gasteiger charge is 2.28. The number of nitrogens with zero attached hydrogens (tertiary/aromatic N) is 4. The van der Waals surface area contributed by atoms with Crippen molar-refractivity contribution in [3.63, 3.8) is 0 Å². The van der Waals surface area contributed by atoms with Crippen molar-refractivity contribution in [3.05, 3.63) is 52.7 Å². The summed E-state index contributed by atoms with van der Waals surface area (Å²) >= 11 is 6.33. The van der Waals surface area contributed by atoms with Gasteiger partial charge in [-0.05, 0) is 36.8 Å². The molecular formula is C20H17ClF3N7O. The first-order valence-electron chi connectivity index (χ1n) is 9.37. The third-order valence-corrected chi connectivity index (χ3v) is 5.03. The smallest absolute Gasteiger partial charge is 0.343 e. The van der Waals surface area contributed by atoms with Gasteiger partial charge in [-0.1, -0.05) is 17.7 Å². The van der Waals surface area contributed by atoms with E-state index < -0.39 is 18.6 Å². The van der Waals surface area contributed by atoms with Crippen LogP contribution in [-0.2, 0) is 7.05 Å². The number of carbonyl (C=O) groups excluding carboxylic acids is 1. The zero-order valence-electron chi connectivity index (χ0n) is 16.9. The molecular weight excluding hydrogens is 447 g/mol. The van der Waals surface area contributed by atoms with Crippen molar-refractivity contribution < 1.29 is 18.0 Å². The van der Waals surface area contributed by atoms with Crippen LogP contribution in [0.1, 0.15) is 15.9 Å². The number of aromatic nitrogens is 5. The summed E-state index contributed by atoms with van der Waals surface area (Å²) < 4.78 is 38.6. The van der Waals surface area contributed by atoms with E-state index >= 15 is 0 Å². The van der Waals surface area contributed by atoms with Crippen LogP contribution in [0.25, 0.3) is 22.3 Å². The fraction of sp³-hybridized carbons (Fsp3) is 0.200. The van der Waals surface area contributed by atoms with Crippen molar-refractivity contribution in [3.8, 4) is 11.4 Å². The maximum Gasteiger partial charge on any atom is 0.405 e. The Morgan fingerprint density at radius 2 is 2.03 bits per heavy atom. The van der Waals surface area contributed by atoms with Gasteiger partial charge in [0.1, 0.15) is 6.54 Å². The Morgan fingerprint density at radius 3 is 2.75 bits per heavy atom. The summed E-state index contributed by atoms with van der Waals surface area (Å²) in [4.78, 5) is 16.5. The van der Waals surface area contributed by atoms with Crippen LogP contribution < -0.4 is 10.6 Å². The second kappa shape index (κ2) is 8.15. The Balaban J connectivity index is 1.56. The Labute approximate surface area is 184 Å². The predicted octanol–water partition coefficient (Wildman–Crippen LogP) is 4.36. The summed E-state index contributed by atoms with van der Waals surface area (Å²) in [5, 5.41) is 17.5. The monoisotopic (exact) mass is 463 g/mol. The van der Waals surface area contributed by atoms with E-state index in [9.17, 15) is 18.0 Å². The number of aromatic amines is 1. The number of H-pyrrole nitrogens is 1. The Kier molecular flexibility index (Phi) is 5.51. The van der Waals surface area contributed by atoms with Gasteiger partial charge in [0.15, 0.2) is 5.82 Å². The Hall–Kier alpha value is -3.60. The molecule has 3 N–H and O–H groups in total. The molecule has 2 aromatic heterocycles. The van der Waals surface area contributed by atoms with Crippen molar-refractivity contribution in [1.82, 2.24) is 30.3 Å². The first kappa shape index (κ1) is 21.6. The molecule has 0 aliphatic carbocycles. The maximum absolute atomic E-state index is 12.3. The summed E-state index contributed by atoms with van der Waals surface area (Å²) in [7, 11) is 1.70. The van der Waals surface area contributed by atoms with E-state index in [1.165, 1.54) is 10.7 Å². The highest BCUT2D eigenvalue weighted by atomic mass is 35.5. The van der Waals surface area contributed by atoms with E-state index in [1.54, 1.807) is 38.4 Å². The number of anilines is 2. The number of nitrogens with one attached hydrogen (secondary N) is 3. The van der Waals surface area contributed by atoms with Crippen LogP contribution in [0, 0.1) is 6.92 Å². The lowest BCUT2D eigenvalue weighted by molar-refractivity contribution is -0.123. The van der Waals surface area contributed by atoms with E-state index in [2.05, 4.69) is 25.6 Å². The Bertz CT molecular complexity index is 1310. The van der Waals surface area contributed by atoms with Crippen molar-refractivity contribution in [2.24, 2.45) is 7.05 Å². The van der Waals surface area contributed by atoms with Gasteiger partial charge in [-0.15, -0.1) is 5.10 Å². The molecule has 8 nitrogen and oxygen atoms in total. The second-order valence-electron chi connectivity index (χ2n) is 7.12. The number of hydrogen-bond donors (Lipinski definition) is 3. The van der Waals surface area contributed by atoms with Gasteiger partial charge >= 0.3 is 6.18 Å². The predicted molar refractivity (Wildman–Crippen MR) is 114 cm³/mol. The van der Waals surface area contributed by atoms with E-state index in [0.717, 1.165) is 10.9 Å². The van der Waals surface area contributed by atoms with Crippen LogP contribution in [-0.4, -0.2) is 43.6 Å². The minimum atomic E-state index is -4.48. The normalized spacial score (nSPS) is 11.7. The molecule has 0 unspecified atom stereocenters. The quantitative estimate of drug-likeness (QED) is 0.408. The lowest BCUT2D eigenvalue weighted by atomic mass is 10.0. The summed E-state index contributed by atoms with van der Waals surface area (Å²) in [6.45, 7) is 0.241. The zero-order valence-corrected chi connectivity index (χ0v) is 17.6. The van der Waals surface area contributed by atoms with Gasteiger partial charge in [0.25, 0.3) is 5.91 Å². The van der Waals surface area contributed by atoms with E-state index in [0.29, 0.717) is 33.6 Å². The van der Waals surface area contributed by atoms with Crippen LogP contribution in [0.4, 0.5) is 24.8 Å². The highest BCUT2D eigenvalue weighted by molar-refractivity contribution is 6.34. The largest absolute Gasteiger partial charge is 0.405 e. The van der Waals surface area contributed by atoms with E-state index in [1.807, 2.05) is 11.4 Å². The number of benzene rings is 2. The molecule has 32 heavy (non-hydrogen) atoms. The Morgan fingerprint density at radius 1 is 1.25 bits per heavy atom. The molecule has 0 aliphatic heterocycles. The summed E-state index contributed by atoms with van der Waals surface area (Å²) in [5.74, 6) is 0.00208. The molecule has 166 valence electrons. The van der Waals surface area contributed by atoms with Gasteiger partial charge < -0.3 is 10.6 Å². The third kappa shape index (κ3) is 4.52. The average molecular weight is 464 g/mol. The van der Waals surface area contributed by atoms with Gasteiger partial charge in [-0.3, -0.25) is 9.89 Å². The van der Waals surface area contributed by atoms with Gasteiger partial charge in [-0.2, -0.15) is 23.3 Å². The molecule has 2 heterocycles. The molecule has 0 saturated carbocycles. The maximum atomic E-state index is 12.3. The topological polar surface area (TPSA) is 101 Å². The minimum absolute atomic E-state index is 0.146. The van der Waals surface area contributed by atoms with Gasteiger partial charge in [-0.25, -0.2) is 4.68 Å². The SMILES string of the molecule is Cc1cc(-c2nc(Nc3cc4cn[nH]c4cc3Cl)n(C)n2)ccc1C(=O)NCC(F)(F)F. The number of amides is 1. The molecule has 0 bridgehead atoms. The minimum Gasteiger partial charge on any atom is -0.343 e. The molecule has 0 atom stereocenters. The molecule has 2 aromatic carbocycles. The summed E-state index contributed by atoms with van der Waals surface area (Å²) in [6.07, 6.45) is -2.80.